The fraction of sp³-hybridized carbons (Fsp3) is 0.333. The molecule has 1 amide bonds. The lowest BCUT2D eigenvalue weighted by molar-refractivity contribution is 0.0958. The van der Waals surface area contributed by atoms with E-state index in [1.807, 2.05) is 6.07 Å². The fourth-order valence-electron chi connectivity index (χ4n) is 3.37. The van der Waals surface area contributed by atoms with Gasteiger partial charge in [-0.25, -0.2) is 18.2 Å². The van der Waals surface area contributed by atoms with Crippen LogP contribution in [0.3, 0.4) is 0 Å². The number of fused-ring (bicyclic) bond motifs is 2. The van der Waals surface area contributed by atoms with Crippen LogP contribution in [0.5, 0.6) is 0 Å². The summed E-state index contributed by atoms with van der Waals surface area (Å²) in [5.74, 6) is -0.956. The van der Waals surface area contributed by atoms with Crippen molar-refractivity contribution in [1.29, 1.82) is 0 Å². The third-order valence-electron chi connectivity index (χ3n) is 4.71. The number of carbonyl (C=O) groups is 1. The van der Waals surface area contributed by atoms with Crippen LogP contribution in [0.1, 0.15) is 44.9 Å². The monoisotopic (exact) mass is 392 g/mol. The van der Waals surface area contributed by atoms with E-state index in [2.05, 4.69) is 10.5 Å². The van der Waals surface area contributed by atoms with Crippen molar-refractivity contribution in [2.75, 3.05) is 5.75 Å². The molecule has 1 aliphatic carbocycles. The van der Waals surface area contributed by atoms with Crippen molar-refractivity contribution in [2.24, 2.45) is 5.10 Å². The van der Waals surface area contributed by atoms with E-state index in [9.17, 15) is 17.6 Å². The number of halogens is 1. The molecule has 1 N–H and O–H groups in total. The van der Waals surface area contributed by atoms with Crippen LogP contribution < -0.4 is 5.43 Å². The van der Waals surface area contributed by atoms with Crippen molar-refractivity contribution in [3.63, 3.8) is 0 Å². The van der Waals surface area contributed by atoms with E-state index < -0.39 is 15.7 Å². The summed E-state index contributed by atoms with van der Waals surface area (Å²) >= 11 is 1.48. The SMILES string of the molecule is O=C(NN=C1CCS(=O)(=O)c2ccc(F)cc21)c1cc2c(s1)CCCC2. The lowest BCUT2D eigenvalue weighted by atomic mass is 9.99. The maximum Gasteiger partial charge on any atom is 0.281 e. The molecule has 2 heterocycles. The number of amides is 1. The van der Waals surface area contributed by atoms with Gasteiger partial charge in [0.2, 0.25) is 0 Å². The van der Waals surface area contributed by atoms with Gasteiger partial charge in [-0.1, -0.05) is 0 Å². The van der Waals surface area contributed by atoms with Gasteiger partial charge in [0.25, 0.3) is 5.91 Å². The van der Waals surface area contributed by atoms with E-state index in [-0.39, 0.29) is 28.5 Å². The first-order chi connectivity index (χ1) is 12.4. The van der Waals surface area contributed by atoms with Crippen molar-refractivity contribution in [3.05, 3.63) is 51.0 Å². The molecule has 0 bridgehead atoms. The molecule has 26 heavy (non-hydrogen) atoms. The summed E-state index contributed by atoms with van der Waals surface area (Å²) in [6, 6.07) is 5.44. The summed E-state index contributed by atoms with van der Waals surface area (Å²) < 4.78 is 37.9. The fourth-order valence-corrected chi connectivity index (χ4v) is 5.98. The van der Waals surface area contributed by atoms with Gasteiger partial charge >= 0.3 is 0 Å². The highest BCUT2D eigenvalue weighted by molar-refractivity contribution is 7.91. The number of thiophene rings is 1. The minimum atomic E-state index is -3.44. The van der Waals surface area contributed by atoms with Crippen molar-refractivity contribution in [1.82, 2.24) is 5.43 Å². The van der Waals surface area contributed by atoms with Crippen LogP contribution in [0.4, 0.5) is 4.39 Å². The molecule has 5 nitrogen and oxygen atoms in total. The van der Waals surface area contributed by atoms with Crippen molar-refractivity contribution < 1.29 is 17.6 Å². The number of aryl methyl sites for hydroxylation is 2. The predicted molar refractivity (Wildman–Crippen MR) is 98.0 cm³/mol. The van der Waals surface area contributed by atoms with E-state index in [1.54, 1.807) is 0 Å². The Balaban J connectivity index is 1.60. The highest BCUT2D eigenvalue weighted by atomic mass is 32.2. The molecule has 0 saturated heterocycles. The van der Waals surface area contributed by atoms with Gasteiger partial charge < -0.3 is 0 Å². The molecule has 136 valence electrons. The molecular weight excluding hydrogens is 375 g/mol. The molecule has 0 fully saturated rings. The smallest absolute Gasteiger partial charge is 0.266 e. The van der Waals surface area contributed by atoms with Crippen LogP contribution in [0.2, 0.25) is 0 Å². The van der Waals surface area contributed by atoms with Crippen LogP contribution in [-0.2, 0) is 22.7 Å². The van der Waals surface area contributed by atoms with Gasteiger partial charge in [0.05, 0.1) is 21.2 Å². The van der Waals surface area contributed by atoms with Crippen LogP contribution in [0.15, 0.2) is 34.3 Å². The van der Waals surface area contributed by atoms with E-state index in [0.717, 1.165) is 37.8 Å². The summed E-state index contributed by atoms with van der Waals surface area (Å²) in [7, 11) is -3.44. The number of rotatable bonds is 2. The first-order valence-corrected chi connectivity index (χ1v) is 10.9. The zero-order chi connectivity index (χ0) is 18.3. The minimum absolute atomic E-state index is 0.0599. The summed E-state index contributed by atoms with van der Waals surface area (Å²) in [6.07, 6.45) is 4.43. The Bertz CT molecular complexity index is 1000. The number of carbonyl (C=O) groups excluding carboxylic acids is 1. The molecule has 2 aliphatic rings. The molecule has 0 atom stereocenters. The van der Waals surface area contributed by atoms with Gasteiger partial charge in [0.1, 0.15) is 5.82 Å². The molecule has 1 aromatic heterocycles. The standard InChI is InChI=1S/C18H17FN2O3S2/c19-12-5-6-17-13(10-12)14(7-8-26(17,23)24)20-21-18(22)16-9-11-3-1-2-4-15(11)25-16/h5-6,9-10H,1-4,7-8H2,(H,21,22). The van der Waals surface area contributed by atoms with Gasteiger partial charge in [-0.2, -0.15) is 5.10 Å². The van der Waals surface area contributed by atoms with E-state index in [1.165, 1.54) is 27.8 Å². The third-order valence-corrected chi connectivity index (χ3v) is 7.71. The second-order valence-corrected chi connectivity index (χ2v) is 9.69. The molecule has 0 radical (unpaired) electrons. The highest BCUT2D eigenvalue weighted by Crippen LogP contribution is 2.30. The topological polar surface area (TPSA) is 75.6 Å². The van der Waals surface area contributed by atoms with Gasteiger partial charge in [-0.15, -0.1) is 11.3 Å². The molecule has 4 rings (SSSR count). The maximum atomic E-state index is 13.6. The van der Waals surface area contributed by atoms with Gasteiger partial charge in [-0.05, 0) is 55.5 Å². The number of hydrogen-bond acceptors (Lipinski definition) is 5. The van der Waals surface area contributed by atoms with Crippen molar-refractivity contribution >= 4 is 32.8 Å². The Kier molecular flexibility index (Phi) is 4.40. The Morgan fingerprint density at radius 3 is 2.77 bits per heavy atom. The largest absolute Gasteiger partial charge is 0.281 e. The molecule has 0 unspecified atom stereocenters. The van der Waals surface area contributed by atoms with Gasteiger partial charge in [-0.3, -0.25) is 4.79 Å². The lowest BCUT2D eigenvalue weighted by Gasteiger charge is -2.18. The first-order valence-electron chi connectivity index (χ1n) is 8.45. The van der Waals surface area contributed by atoms with E-state index in [0.29, 0.717) is 10.6 Å². The van der Waals surface area contributed by atoms with Crippen molar-refractivity contribution in [2.45, 2.75) is 37.0 Å². The normalized spacial score (nSPS) is 19.7. The number of nitrogens with one attached hydrogen (secondary N) is 1. The Morgan fingerprint density at radius 1 is 1.15 bits per heavy atom. The van der Waals surface area contributed by atoms with E-state index in [4.69, 9.17) is 0 Å². The minimum Gasteiger partial charge on any atom is -0.266 e. The van der Waals surface area contributed by atoms with Crippen LogP contribution >= 0.6 is 11.3 Å². The number of hydrazone groups is 1. The molecule has 8 heteroatoms. The van der Waals surface area contributed by atoms with E-state index >= 15 is 0 Å². The van der Waals surface area contributed by atoms with Gasteiger partial charge in [0, 0.05) is 16.9 Å². The third kappa shape index (κ3) is 3.19. The molecule has 0 spiro atoms. The molecule has 0 saturated carbocycles. The van der Waals surface area contributed by atoms with Gasteiger partial charge in [0.15, 0.2) is 9.84 Å². The zero-order valence-corrected chi connectivity index (χ0v) is 15.6. The van der Waals surface area contributed by atoms with Crippen LogP contribution in [0, 0.1) is 5.82 Å². The quantitative estimate of drug-likeness (QED) is 0.630. The molecule has 1 aliphatic heterocycles. The summed E-state index contributed by atoms with van der Waals surface area (Å²) in [5, 5.41) is 4.11. The summed E-state index contributed by atoms with van der Waals surface area (Å²) in [5.41, 5.74) is 4.34. The zero-order valence-electron chi connectivity index (χ0n) is 13.9. The van der Waals surface area contributed by atoms with Crippen LogP contribution in [0.25, 0.3) is 0 Å². The van der Waals surface area contributed by atoms with Crippen molar-refractivity contribution in [3.8, 4) is 0 Å². The number of benzene rings is 1. The highest BCUT2D eigenvalue weighted by Gasteiger charge is 2.28. The Labute approximate surface area is 154 Å². The number of sulfone groups is 1. The average molecular weight is 392 g/mol. The number of nitrogens with zero attached hydrogens (tertiary/aromatic N) is 1. The Hall–Kier alpha value is -2.06. The predicted octanol–water partition coefficient (Wildman–Crippen LogP) is 3.08. The summed E-state index contributed by atoms with van der Waals surface area (Å²) in [6.45, 7) is 0. The second kappa shape index (κ2) is 6.59. The van der Waals surface area contributed by atoms with Crippen LogP contribution in [-0.4, -0.2) is 25.8 Å². The molecule has 2 aromatic rings. The average Bonchev–Trinajstić information content (AvgIpc) is 3.05. The summed E-state index contributed by atoms with van der Waals surface area (Å²) in [4.78, 5) is 14.3. The second-order valence-electron chi connectivity index (χ2n) is 6.47. The lowest BCUT2D eigenvalue weighted by Crippen LogP contribution is -2.26. The Morgan fingerprint density at radius 2 is 1.96 bits per heavy atom. The maximum absolute atomic E-state index is 13.6. The molecule has 1 aromatic carbocycles. The first kappa shape index (κ1) is 17.4. The molecular formula is C18H17FN2O3S2. The number of hydrogen-bond donors (Lipinski definition) is 1.